The van der Waals surface area contributed by atoms with Crippen LogP contribution in [0.5, 0.6) is 0 Å². The predicted molar refractivity (Wildman–Crippen MR) is 107 cm³/mol. The van der Waals surface area contributed by atoms with E-state index < -0.39 is 0 Å². The summed E-state index contributed by atoms with van der Waals surface area (Å²) in [4.78, 5) is 0. The SMILES string of the molecule is c1ccc(CSc2nnc(Cc3ccccc3)n2-c2ccccc2)cc1. The van der Waals surface area contributed by atoms with E-state index in [-0.39, 0.29) is 0 Å². The van der Waals surface area contributed by atoms with E-state index in [0.29, 0.717) is 0 Å². The molecule has 0 unspecified atom stereocenters. The van der Waals surface area contributed by atoms with Crippen LogP contribution in [0, 0.1) is 0 Å². The minimum Gasteiger partial charge on any atom is -0.274 e. The largest absolute Gasteiger partial charge is 0.274 e. The zero-order valence-electron chi connectivity index (χ0n) is 14.3. The Bertz CT molecular complexity index is 951. The molecule has 4 rings (SSSR count). The maximum atomic E-state index is 4.49. The van der Waals surface area contributed by atoms with Crippen molar-refractivity contribution < 1.29 is 0 Å². The van der Waals surface area contributed by atoms with Gasteiger partial charge in [-0.1, -0.05) is 90.6 Å². The molecule has 4 aromatic rings. The number of thioether (sulfide) groups is 1. The van der Waals surface area contributed by atoms with Crippen molar-refractivity contribution >= 4 is 11.8 Å². The van der Waals surface area contributed by atoms with Gasteiger partial charge in [-0.3, -0.25) is 4.57 Å². The highest BCUT2D eigenvalue weighted by Gasteiger charge is 2.15. The molecule has 0 bridgehead atoms. The fraction of sp³-hybridized carbons (Fsp3) is 0.0909. The summed E-state index contributed by atoms with van der Waals surface area (Å²) >= 11 is 1.72. The third-order valence-corrected chi connectivity index (χ3v) is 5.13. The Morgan fingerprint density at radius 2 is 1.23 bits per heavy atom. The molecule has 0 aliphatic rings. The summed E-state index contributed by atoms with van der Waals surface area (Å²) in [7, 11) is 0. The molecular formula is C22H19N3S. The van der Waals surface area contributed by atoms with Crippen molar-refractivity contribution in [2.75, 3.05) is 0 Å². The van der Waals surface area contributed by atoms with Gasteiger partial charge < -0.3 is 0 Å². The van der Waals surface area contributed by atoms with Crippen LogP contribution in [0.4, 0.5) is 0 Å². The van der Waals surface area contributed by atoms with Crippen LogP contribution in [0.25, 0.3) is 5.69 Å². The number of benzene rings is 3. The molecule has 0 amide bonds. The highest BCUT2D eigenvalue weighted by Crippen LogP contribution is 2.26. The molecule has 3 aromatic carbocycles. The first-order valence-corrected chi connectivity index (χ1v) is 9.59. The Kier molecular flexibility index (Phi) is 5.12. The maximum Gasteiger partial charge on any atom is 0.196 e. The van der Waals surface area contributed by atoms with Gasteiger partial charge in [-0.05, 0) is 23.3 Å². The molecule has 0 aliphatic carbocycles. The Morgan fingerprint density at radius 3 is 1.88 bits per heavy atom. The molecule has 0 aliphatic heterocycles. The summed E-state index contributed by atoms with van der Waals surface area (Å²) in [6, 6.07) is 31.2. The second kappa shape index (κ2) is 8.02. The zero-order valence-corrected chi connectivity index (χ0v) is 15.1. The first-order valence-electron chi connectivity index (χ1n) is 8.60. The number of aromatic nitrogens is 3. The zero-order chi connectivity index (χ0) is 17.6. The van der Waals surface area contributed by atoms with Crippen LogP contribution >= 0.6 is 11.8 Å². The van der Waals surface area contributed by atoms with Gasteiger partial charge >= 0.3 is 0 Å². The van der Waals surface area contributed by atoms with Gasteiger partial charge in [0, 0.05) is 17.9 Å². The summed E-state index contributed by atoms with van der Waals surface area (Å²) in [5.41, 5.74) is 3.61. The number of rotatable bonds is 6. The highest BCUT2D eigenvalue weighted by atomic mass is 32.2. The van der Waals surface area contributed by atoms with Crippen molar-refractivity contribution in [1.29, 1.82) is 0 Å². The van der Waals surface area contributed by atoms with Crippen molar-refractivity contribution in [3.63, 3.8) is 0 Å². The molecule has 26 heavy (non-hydrogen) atoms. The van der Waals surface area contributed by atoms with Crippen LogP contribution in [-0.2, 0) is 12.2 Å². The highest BCUT2D eigenvalue weighted by molar-refractivity contribution is 7.98. The van der Waals surface area contributed by atoms with Crippen molar-refractivity contribution in [1.82, 2.24) is 14.8 Å². The molecule has 1 aromatic heterocycles. The van der Waals surface area contributed by atoms with E-state index in [1.807, 2.05) is 30.3 Å². The summed E-state index contributed by atoms with van der Waals surface area (Å²) in [6.07, 6.45) is 0.759. The van der Waals surface area contributed by atoms with Crippen molar-refractivity contribution in [3.8, 4) is 5.69 Å². The lowest BCUT2D eigenvalue weighted by molar-refractivity contribution is 0.848. The maximum absolute atomic E-state index is 4.49. The topological polar surface area (TPSA) is 30.7 Å². The summed E-state index contributed by atoms with van der Waals surface area (Å²) in [5.74, 6) is 1.83. The third kappa shape index (κ3) is 3.86. The minimum absolute atomic E-state index is 0.759. The Hall–Kier alpha value is -2.85. The van der Waals surface area contributed by atoms with Gasteiger partial charge in [-0.25, -0.2) is 0 Å². The van der Waals surface area contributed by atoms with Gasteiger partial charge in [0.1, 0.15) is 5.82 Å². The lowest BCUT2D eigenvalue weighted by Crippen LogP contribution is -2.03. The van der Waals surface area contributed by atoms with E-state index in [1.165, 1.54) is 11.1 Å². The molecule has 0 atom stereocenters. The number of hydrogen-bond acceptors (Lipinski definition) is 3. The van der Waals surface area contributed by atoms with Gasteiger partial charge in [0.2, 0.25) is 0 Å². The predicted octanol–water partition coefficient (Wildman–Crippen LogP) is 5.15. The molecule has 0 saturated heterocycles. The number of para-hydroxylation sites is 1. The van der Waals surface area contributed by atoms with E-state index in [4.69, 9.17) is 0 Å². The van der Waals surface area contributed by atoms with E-state index in [2.05, 4.69) is 75.4 Å². The van der Waals surface area contributed by atoms with Gasteiger partial charge in [0.25, 0.3) is 0 Å². The summed E-state index contributed by atoms with van der Waals surface area (Å²) in [6.45, 7) is 0. The second-order valence-electron chi connectivity index (χ2n) is 6.01. The molecule has 0 spiro atoms. The smallest absolute Gasteiger partial charge is 0.196 e. The lowest BCUT2D eigenvalue weighted by Gasteiger charge is -2.10. The Balaban J connectivity index is 1.65. The first kappa shape index (κ1) is 16.6. The third-order valence-electron chi connectivity index (χ3n) is 4.13. The lowest BCUT2D eigenvalue weighted by atomic mass is 10.1. The number of hydrogen-bond donors (Lipinski definition) is 0. The molecule has 0 radical (unpaired) electrons. The fourth-order valence-corrected chi connectivity index (χ4v) is 3.77. The summed E-state index contributed by atoms with van der Waals surface area (Å²) < 4.78 is 2.17. The normalized spacial score (nSPS) is 10.8. The molecule has 1 heterocycles. The van der Waals surface area contributed by atoms with Crippen molar-refractivity contribution in [3.05, 3.63) is 108 Å². The molecule has 0 fully saturated rings. The standard InChI is InChI=1S/C22H19N3S/c1-4-10-18(11-5-1)16-21-23-24-22(25(21)20-14-8-3-9-15-20)26-17-19-12-6-2-7-13-19/h1-15H,16-17H2. The summed E-state index contributed by atoms with van der Waals surface area (Å²) in [5, 5.41) is 9.89. The Morgan fingerprint density at radius 1 is 0.654 bits per heavy atom. The van der Waals surface area contributed by atoms with Crippen LogP contribution < -0.4 is 0 Å². The fourth-order valence-electron chi connectivity index (χ4n) is 2.85. The van der Waals surface area contributed by atoms with E-state index in [1.54, 1.807) is 11.8 Å². The quantitative estimate of drug-likeness (QED) is 0.447. The van der Waals surface area contributed by atoms with Crippen LogP contribution in [0.1, 0.15) is 17.0 Å². The molecule has 3 nitrogen and oxygen atoms in total. The average molecular weight is 357 g/mol. The monoisotopic (exact) mass is 357 g/mol. The van der Waals surface area contributed by atoms with Gasteiger partial charge in [-0.2, -0.15) is 0 Å². The Labute approximate surface area is 157 Å². The molecule has 0 saturated carbocycles. The van der Waals surface area contributed by atoms with Gasteiger partial charge in [-0.15, -0.1) is 10.2 Å². The average Bonchev–Trinajstić information content (AvgIpc) is 3.11. The van der Waals surface area contributed by atoms with E-state index in [0.717, 1.165) is 28.8 Å². The van der Waals surface area contributed by atoms with E-state index in [9.17, 15) is 0 Å². The number of nitrogens with zero attached hydrogens (tertiary/aromatic N) is 3. The first-order chi connectivity index (χ1) is 12.9. The van der Waals surface area contributed by atoms with Crippen molar-refractivity contribution in [2.45, 2.75) is 17.3 Å². The van der Waals surface area contributed by atoms with Crippen LogP contribution in [0.2, 0.25) is 0 Å². The molecule has 4 heteroatoms. The van der Waals surface area contributed by atoms with Crippen LogP contribution in [-0.4, -0.2) is 14.8 Å². The van der Waals surface area contributed by atoms with Crippen LogP contribution in [0.15, 0.2) is 96.2 Å². The molecule has 128 valence electrons. The molecular weight excluding hydrogens is 338 g/mol. The van der Waals surface area contributed by atoms with Gasteiger partial charge in [0.05, 0.1) is 0 Å². The van der Waals surface area contributed by atoms with Crippen molar-refractivity contribution in [2.24, 2.45) is 0 Å². The van der Waals surface area contributed by atoms with Crippen LogP contribution in [0.3, 0.4) is 0 Å². The minimum atomic E-state index is 0.759. The van der Waals surface area contributed by atoms with E-state index >= 15 is 0 Å². The molecule has 0 N–H and O–H groups in total. The second-order valence-corrected chi connectivity index (χ2v) is 6.95. The van der Waals surface area contributed by atoms with Gasteiger partial charge in [0.15, 0.2) is 5.16 Å².